The van der Waals surface area contributed by atoms with Gasteiger partial charge in [-0.1, -0.05) is 6.92 Å². The third-order valence-corrected chi connectivity index (χ3v) is 0.808. The molecule has 0 aromatic carbocycles. The topological polar surface area (TPSA) is 40.5 Å². The molecule has 0 amide bonds. The van der Waals surface area contributed by atoms with Crippen LogP contribution < -0.4 is 0 Å². The van der Waals surface area contributed by atoms with E-state index in [1.54, 1.807) is 0 Å². The van der Waals surface area contributed by atoms with Gasteiger partial charge >= 0.3 is 0 Å². The molecular formula is C5H11O2. The van der Waals surface area contributed by atoms with Gasteiger partial charge in [-0.15, -0.1) is 0 Å². The Morgan fingerprint density at radius 2 is 2.00 bits per heavy atom. The van der Waals surface area contributed by atoms with Crippen LogP contribution in [0, 0.1) is 5.92 Å². The third-order valence-electron chi connectivity index (χ3n) is 0.808. The minimum absolute atomic E-state index is 0.0978. The van der Waals surface area contributed by atoms with Crippen molar-refractivity contribution in [3.8, 4) is 0 Å². The number of rotatable bonds is 3. The summed E-state index contributed by atoms with van der Waals surface area (Å²) in [7, 11) is 0. The molecule has 0 atom stereocenters. The zero-order valence-electron chi connectivity index (χ0n) is 4.52. The van der Waals surface area contributed by atoms with Gasteiger partial charge < -0.3 is 10.2 Å². The van der Waals surface area contributed by atoms with E-state index in [1.165, 1.54) is 0 Å². The fourth-order valence-electron chi connectivity index (χ4n) is 0.270. The van der Waals surface area contributed by atoms with E-state index >= 15 is 0 Å². The quantitative estimate of drug-likeness (QED) is 0.526. The minimum atomic E-state index is 0.0978. The van der Waals surface area contributed by atoms with Crippen molar-refractivity contribution in [3.63, 3.8) is 0 Å². The van der Waals surface area contributed by atoms with E-state index in [4.69, 9.17) is 10.2 Å². The highest BCUT2D eigenvalue weighted by molar-refractivity contribution is 4.81. The van der Waals surface area contributed by atoms with Crippen LogP contribution in [0.3, 0.4) is 0 Å². The number of hydrogen-bond acceptors (Lipinski definition) is 2. The van der Waals surface area contributed by atoms with Gasteiger partial charge in [-0.2, -0.15) is 0 Å². The second-order valence-electron chi connectivity index (χ2n) is 1.59. The van der Waals surface area contributed by atoms with E-state index in [1.807, 2.05) is 6.92 Å². The van der Waals surface area contributed by atoms with Crippen molar-refractivity contribution in [1.29, 1.82) is 0 Å². The lowest BCUT2D eigenvalue weighted by molar-refractivity contribution is 0.259. The first-order chi connectivity index (χ1) is 3.31. The maximum Gasteiger partial charge on any atom is 0.0491 e. The lowest BCUT2D eigenvalue weighted by Gasteiger charge is -2.00. The van der Waals surface area contributed by atoms with E-state index in [0.29, 0.717) is 6.42 Å². The molecule has 0 saturated carbocycles. The first kappa shape index (κ1) is 6.92. The summed E-state index contributed by atoms with van der Waals surface area (Å²) >= 11 is 0. The lowest BCUT2D eigenvalue weighted by atomic mass is 10.1. The van der Waals surface area contributed by atoms with Gasteiger partial charge in [0.25, 0.3) is 0 Å². The summed E-state index contributed by atoms with van der Waals surface area (Å²) in [5, 5.41) is 16.6. The summed E-state index contributed by atoms with van der Waals surface area (Å²) in [4.78, 5) is 0. The monoisotopic (exact) mass is 103 g/mol. The molecule has 0 aliphatic carbocycles. The SMILES string of the molecule is C[C](CO)CCO. The average molecular weight is 103 g/mol. The van der Waals surface area contributed by atoms with Gasteiger partial charge in [0.15, 0.2) is 0 Å². The number of hydrogen-bond donors (Lipinski definition) is 2. The Morgan fingerprint density at radius 3 is 2.14 bits per heavy atom. The predicted octanol–water partition coefficient (Wildman–Crippen LogP) is -0.0445. The molecule has 2 N–H and O–H groups in total. The molecule has 0 heterocycles. The second-order valence-corrected chi connectivity index (χ2v) is 1.59. The fourth-order valence-corrected chi connectivity index (χ4v) is 0.270. The predicted molar refractivity (Wildman–Crippen MR) is 27.7 cm³/mol. The van der Waals surface area contributed by atoms with E-state index in [0.717, 1.165) is 5.92 Å². The molecule has 0 bridgehead atoms. The summed E-state index contributed by atoms with van der Waals surface area (Å²) in [6.07, 6.45) is 0.622. The molecular weight excluding hydrogens is 92.1 g/mol. The van der Waals surface area contributed by atoms with Crippen molar-refractivity contribution >= 4 is 0 Å². The van der Waals surface area contributed by atoms with Crippen LogP contribution in [0.5, 0.6) is 0 Å². The van der Waals surface area contributed by atoms with E-state index in [-0.39, 0.29) is 13.2 Å². The van der Waals surface area contributed by atoms with Crippen molar-refractivity contribution in [1.82, 2.24) is 0 Å². The highest BCUT2D eigenvalue weighted by Crippen LogP contribution is 1.99. The van der Waals surface area contributed by atoms with Gasteiger partial charge in [0.1, 0.15) is 0 Å². The number of aliphatic hydroxyl groups is 2. The van der Waals surface area contributed by atoms with Gasteiger partial charge in [0.2, 0.25) is 0 Å². The molecule has 7 heavy (non-hydrogen) atoms. The molecule has 2 nitrogen and oxygen atoms in total. The second kappa shape index (κ2) is 4.09. The first-order valence-corrected chi connectivity index (χ1v) is 2.34. The molecule has 0 aromatic heterocycles. The smallest absolute Gasteiger partial charge is 0.0491 e. The van der Waals surface area contributed by atoms with Crippen molar-refractivity contribution < 1.29 is 10.2 Å². The molecule has 0 aromatic rings. The Balaban J connectivity index is 2.83. The molecule has 2 heteroatoms. The van der Waals surface area contributed by atoms with Gasteiger partial charge in [-0.25, -0.2) is 0 Å². The molecule has 43 valence electrons. The minimum Gasteiger partial charge on any atom is -0.396 e. The van der Waals surface area contributed by atoms with Crippen LogP contribution in [0.25, 0.3) is 0 Å². The van der Waals surface area contributed by atoms with Crippen LogP contribution >= 0.6 is 0 Å². The van der Waals surface area contributed by atoms with E-state index in [9.17, 15) is 0 Å². The van der Waals surface area contributed by atoms with Gasteiger partial charge in [0.05, 0.1) is 0 Å². The van der Waals surface area contributed by atoms with Crippen LogP contribution in [0.15, 0.2) is 0 Å². The highest BCUT2D eigenvalue weighted by Gasteiger charge is 1.95. The summed E-state index contributed by atoms with van der Waals surface area (Å²) in [5.41, 5.74) is 0. The molecule has 0 unspecified atom stereocenters. The van der Waals surface area contributed by atoms with E-state index in [2.05, 4.69) is 0 Å². The van der Waals surface area contributed by atoms with Crippen LogP contribution in [-0.4, -0.2) is 23.4 Å². The van der Waals surface area contributed by atoms with Gasteiger partial charge in [-0.3, -0.25) is 0 Å². The first-order valence-electron chi connectivity index (χ1n) is 2.34. The van der Waals surface area contributed by atoms with Crippen LogP contribution in [0.1, 0.15) is 13.3 Å². The zero-order chi connectivity index (χ0) is 5.70. The third kappa shape index (κ3) is 3.76. The van der Waals surface area contributed by atoms with Gasteiger partial charge in [0, 0.05) is 19.1 Å². The van der Waals surface area contributed by atoms with Gasteiger partial charge in [-0.05, 0) is 6.42 Å². The Hall–Kier alpha value is -0.0800. The van der Waals surface area contributed by atoms with Crippen molar-refractivity contribution in [2.24, 2.45) is 0 Å². The summed E-state index contributed by atoms with van der Waals surface area (Å²) in [6.45, 7) is 2.06. The largest absolute Gasteiger partial charge is 0.396 e. The molecule has 0 saturated heterocycles. The van der Waals surface area contributed by atoms with E-state index < -0.39 is 0 Å². The Kier molecular flexibility index (Phi) is 4.04. The van der Waals surface area contributed by atoms with Crippen molar-refractivity contribution in [3.05, 3.63) is 5.92 Å². The summed E-state index contributed by atoms with van der Waals surface area (Å²) < 4.78 is 0. The molecule has 0 aliphatic heterocycles. The van der Waals surface area contributed by atoms with Crippen molar-refractivity contribution in [2.45, 2.75) is 13.3 Å². The van der Waals surface area contributed by atoms with Crippen LogP contribution in [-0.2, 0) is 0 Å². The van der Waals surface area contributed by atoms with Crippen LogP contribution in [0.2, 0.25) is 0 Å². The Labute approximate surface area is 43.8 Å². The lowest BCUT2D eigenvalue weighted by Crippen LogP contribution is -1.99. The van der Waals surface area contributed by atoms with Crippen LogP contribution in [0.4, 0.5) is 0 Å². The van der Waals surface area contributed by atoms with Crippen molar-refractivity contribution in [2.75, 3.05) is 13.2 Å². The Bertz CT molecular complexity index is 37.1. The normalized spacial score (nSPS) is 10.3. The molecule has 0 aliphatic rings. The average Bonchev–Trinajstić information content (AvgIpc) is 1.68. The zero-order valence-corrected chi connectivity index (χ0v) is 4.52. The fraction of sp³-hybridized carbons (Fsp3) is 0.800. The molecule has 1 radical (unpaired) electrons. The summed E-state index contributed by atoms with van der Waals surface area (Å²) in [5.74, 6) is 0.933. The molecule has 0 fully saturated rings. The maximum absolute atomic E-state index is 8.32. The summed E-state index contributed by atoms with van der Waals surface area (Å²) in [6, 6.07) is 0. The molecule has 0 spiro atoms. The standard InChI is InChI=1S/C5H11O2/c1-5(4-7)2-3-6/h6-7H,2-4H2,1H3. The highest BCUT2D eigenvalue weighted by atomic mass is 16.3. The Morgan fingerprint density at radius 1 is 1.43 bits per heavy atom. The maximum atomic E-state index is 8.32. The molecule has 0 rings (SSSR count). The number of aliphatic hydroxyl groups excluding tert-OH is 2.